The van der Waals surface area contributed by atoms with E-state index in [-0.39, 0.29) is 0 Å². The van der Waals surface area contributed by atoms with Crippen LogP contribution in [0.1, 0.15) is 42.8 Å². The zero-order chi connectivity index (χ0) is 14.8. The van der Waals surface area contributed by atoms with Gasteiger partial charge in [-0.3, -0.25) is 0 Å². The fourth-order valence-corrected chi connectivity index (χ4v) is 4.41. The summed E-state index contributed by atoms with van der Waals surface area (Å²) in [7, 11) is 0. The predicted octanol–water partition coefficient (Wildman–Crippen LogP) is 5.49. The van der Waals surface area contributed by atoms with E-state index in [0.717, 1.165) is 30.0 Å². The molecule has 2 aromatic rings. The van der Waals surface area contributed by atoms with Crippen LogP contribution in [0.5, 0.6) is 0 Å². The van der Waals surface area contributed by atoms with Crippen LogP contribution in [-0.2, 0) is 6.42 Å². The number of halogens is 2. The van der Waals surface area contributed by atoms with Gasteiger partial charge in [0.2, 0.25) is 0 Å². The first-order valence-corrected chi connectivity index (χ1v) is 8.94. The molecule has 1 heterocycles. The highest BCUT2D eigenvalue weighted by molar-refractivity contribution is 7.15. The van der Waals surface area contributed by atoms with Gasteiger partial charge in [-0.05, 0) is 50.4 Å². The van der Waals surface area contributed by atoms with Gasteiger partial charge in [0, 0.05) is 20.5 Å². The lowest BCUT2D eigenvalue weighted by Gasteiger charge is -2.22. The summed E-state index contributed by atoms with van der Waals surface area (Å²) in [5, 5.41) is 5.95. The first-order chi connectivity index (χ1) is 10.2. The van der Waals surface area contributed by atoms with E-state index in [1.165, 1.54) is 23.4 Å². The largest absolute Gasteiger partial charge is 0.309 e. The third-order valence-corrected chi connectivity index (χ3v) is 5.32. The maximum absolute atomic E-state index is 6.10. The minimum Gasteiger partial charge on any atom is -0.309 e. The lowest BCUT2D eigenvalue weighted by atomic mass is 9.97. The highest BCUT2D eigenvalue weighted by atomic mass is 35.5. The smallest absolute Gasteiger partial charge is 0.124 e. The maximum Gasteiger partial charge on any atom is 0.124 e. The third-order valence-electron chi connectivity index (χ3n) is 3.70. The molecule has 0 saturated heterocycles. The van der Waals surface area contributed by atoms with Crippen LogP contribution in [0, 0.1) is 0 Å². The van der Waals surface area contributed by atoms with E-state index in [1.807, 2.05) is 12.1 Å². The van der Waals surface area contributed by atoms with E-state index >= 15 is 0 Å². The van der Waals surface area contributed by atoms with Gasteiger partial charge in [-0.25, -0.2) is 4.98 Å². The quantitative estimate of drug-likeness (QED) is 0.795. The minimum atomic E-state index is 0.397. The standard InChI is InChI=1S/C16H18Cl2N2S/c1-2-6-19-13-4-3-5-14-15(13)20-16(21-14)10-7-11(17)9-12(18)8-10/h7-9,13,19H,2-6H2,1H3. The van der Waals surface area contributed by atoms with E-state index < -0.39 is 0 Å². The van der Waals surface area contributed by atoms with Gasteiger partial charge in [0.1, 0.15) is 5.01 Å². The van der Waals surface area contributed by atoms with Gasteiger partial charge < -0.3 is 5.32 Å². The summed E-state index contributed by atoms with van der Waals surface area (Å²) in [4.78, 5) is 6.28. The van der Waals surface area contributed by atoms with Crippen molar-refractivity contribution in [2.45, 2.75) is 38.6 Å². The number of hydrogen-bond donors (Lipinski definition) is 1. The molecule has 0 spiro atoms. The van der Waals surface area contributed by atoms with Crippen LogP contribution in [0.25, 0.3) is 10.6 Å². The summed E-state index contributed by atoms with van der Waals surface area (Å²) in [6.45, 7) is 3.23. The number of rotatable bonds is 4. The van der Waals surface area contributed by atoms with Gasteiger partial charge in [-0.2, -0.15) is 0 Å². The first-order valence-electron chi connectivity index (χ1n) is 7.37. The van der Waals surface area contributed by atoms with Crippen molar-refractivity contribution in [1.82, 2.24) is 10.3 Å². The molecule has 2 nitrogen and oxygen atoms in total. The van der Waals surface area contributed by atoms with Crippen LogP contribution in [0.15, 0.2) is 18.2 Å². The molecular weight excluding hydrogens is 323 g/mol. The Balaban J connectivity index is 1.93. The summed E-state index contributed by atoms with van der Waals surface area (Å²) in [5.74, 6) is 0. The van der Waals surface area contributed by atoms with Crippen molar-refractivity contribution in [2.24, 2.45) is 0 Å². The summed E-state index contributed by atoms with van der Waals surface area (Å²) in [6, 6.07) is 6.03. The van der Waals surface area contributed by atoms with Crippen LogP contribution in [0.4, 0.5) is 0 Å². The topological polar surface area (TPSA) is 24.9 Å². The second-order valence-electron chi connectivity index (χ2n) is 5.38. The number of benzene rings is 1. The van der Waals surface area contributed by atoms with E-state index in [0.29, 0.717) is 16.1 Å². The lowest BCUT2D eigenvalue weighted by Crippen LogP contribution is -2.25. The normalized spacial score (nSPS) is 17.8. The van der Waals surface area contributed by atoms with Gasteiger partial charge in [-0.15, -0.1) is 11.3 Å². The Kier molecular flexibility index (Phi) is 4.85. The third kappa shape index (κ3) is 3.42. The number of aryl methyl sites for hydroxylation is 1. The van der Waals surface area contributed by atoms with E-state index in [9.17, 15) is 0 Å². The molecule has 112 valence electrons. The monoisotopic (exact) mass is 340 g/mol. The zero-order valence-electron chi connectivity index (χ0n) is 12.0. The molecule has 0 amide bonds. The Morgan fingerprint density at radius 2 is 2.05 bits per heavy atom. The van der Waals surface area contributed by atoms with Crippen molar-refractivity contribution in [3.8, 4) is 10.6 Å². The Labute approximate surface area is 139 Å². The van der Waals surface area contributed by atoms with Crippen LogP contribution < -0.4 is 5.32 Å². The van der Waals surface area contributed by atoms with Gasteiger partial charge >= 0.3 is 0 Å². The SMILES string of the molecule is CCCNC1CCCc2sc(-c3cc(Cl)cc(Cl)c3)nc21. The molecule has 0 radical (unpaired) electrons. The van der Waals surface area contributed by atoms with Crippen molar-refractivity contribution in [3.63, 3.8) is 0 Å². The van der Waals surface area contributed by atoms with E-state index in [2.05, 4.69) is 12.2 Å². The summed E-state index contributed by atoms with van der Waals surface area (Å²) in [6.07, 6.45) is 4.68. The second kappa shape index (κ2) is 6.66. The number of hydrogen-bond acceptors (Lipinski definition) is 3. The number of nitrogens with zero attached hydrogens (tertiary/aromatic N) is 1. The van der Waals surface area contributed by atoms with Crippen LogP contribution in [0.3, 0.4) is 0 Å². The molecule has 1 N–H and O–H groups in total. The van der Waals surface area contributed by atoms with Crippen molar-refractivity contribution in [3.05, 3.63) is 38.8 Å². The van der Waals surface area contributed by atoms with Crippen LogP contribution in [0.2, 0.25) is 10.0 Å². The Morgan fingerprint density at radius 1 is 1.29 bits per heavy atom. The summed E-state index contributed by atoms with van der Waals surface area (Å²) in [5.41, 5.74) is 2.24. The molecular formula is C16H18Cl2N2S. The molecule has 0 fully saturated rings. The highest BCUT2D eigenvalue weighted by Crippen LogP contribution is 2.38. The van der Waals surface area contributed by atoms with Crippen molar-refractivity contribution in [2.75, 3.05) is 6.54 Å². The summed E-state index contributed by atoms with van der Waals surface area (Å²) < 4.78 is 0. The molecule has 0 aliphatic heterocycles. The van der Waals surface area contributed by atoms with E-state index in [4.69, 9.17) is 28.2 Å². The number of thiazole rings is 1. The molecule has 1 aliphatic rings. The Hall–Kier alpha value is -0.610. The fraction of sp³-hybridized carbons (Fsp3) is 0.438. The van der Waals surface area contributed by atoms with Gasteiger partial charge in [0.05, 0.1) is 11.7 Å². The van der Waals surface area contributed by atoms with Crippen molar-refractivity contribution in [1.29, 1.82) is 0 Å². The number of nitrogens with one attached hydrogen (secondary N) is 1. The maximum atomic E-state index is 6.10. The average Bonchev–Trinajstić information content (AvgIpc) is 2.88. The molecule has 0 bridgehead atoms. The van der Waals surface area contributed by atoms with Crippen LogP contribution in [-0.4, -0.2) is 11.5 Å². The lowest BCUT2D eigenvalue weighted by molar-refractivity contribution is 0.454. The molecule has 1 aromatic heterocycles. The molecule has 1 aliphatic carbocycles. The summed E-state index contributed by atoms with van der Waals surface area (Å²) >= 11 is 14.0. The van der Waals surface area contributed by atoms with Gasteiger partial charge in [0.25, 0.3) is 0 Å². The van der Waals surface area contributed by atoms with Crippen molar-refractivity contribution >= 4 is 34.5 Å². The number of fused-ring (bicyclic) bond motifs is 1. The van der Waals surface area contributed by atoms with E-state index in [1.54, 1.807) is 17.4 Å². The molecule has 1 atom stereocenters. The van der Waals surface area contributed by atoms with Gasteiger partial charge in [-0.1, -0.05) is 30.1 Å². The van der Waals surface area contributed by atoms with Crippen molar-refractivity contribution < 1.29 is 0 Å². The molecule has 1 unspecified atom stereocenters. The molecule has 0 saturated carbocycles. The molecule has 3 rings (SSSR count). The highest BCUT2D eigenvalue weighted by Gasteiger charge is 2.24. The fourth-order valence-electron chi connectivity index (χ4n) is 2.74. The first kappa shape index (κ1) is 15.3. The molecule has 5 heteroatoms. The Morgan fingerprint density at radius 3 is 2.76 bits per heavy atom. The average molecular weight is 341 g/mol. The molecule has 21 heavy (non-hydrogen) atoms. The predicted molar refractivity (Wildman–Crippen MR) is 91.5 cm³/mol. The minimum absolute atomic E-state index is 0.397. The zero-order valence-corrected chi connectivity index (χ0v) is 14.3. The Bertz CT molecular complexity index is 619. The second-order valence-corrected chi connectivity index (χ2v) is 7.34. The molecule has 1 aromatic carbocycles. The number of aromatic nitrogens is 1. The van der Waals surface area contributed by atoms with Crippen LogP contribution >= 0.6 is 34.5 Å². The van der Waals surface area contributed by atoms with Gasteiger partial charge in [0.15, 0.2) is 0 Å².